The van der Waals surface area contributed by atoms with Gasteiger partial charge in [0.25, 0.3) is 0 Å². The molecular weight excluding hydrogens is 210 g/mol. The molecule has 1 N–H and O–H groups in total. The van der Waals surface area contributed by atoms with E-state index in [1.807, 2.05) is 0 Å². The first-order valence-electron chi connectivity index (χ1n) is 7.52. The van der Waals surface area contributed by atoms with Crippen LogP contribution in [-0.4, -0.2) is 35.2 Å². The fourth-order valence-electron chi connectivity index (χ4n) is 2.46. The van der Waals surface area contributed by atoms with Crippen molar-refractivity contribution < 1.29 is 5.11 Å². The molecule has 0 saturated carbocycles. The number of hydrogen-bond donors (Lipinski definition) is 1. The van der Waals surface area contributed by atoms with Gasteiger partial charge < -0.3 is 10.0 Å². The highest BCUT2D eigenvalue weighted by atomic mass is 16.3. The maximum atomic E-state index is 10.2. The molecule has 0 rings (SSSR count). The molecule has 0 aromatic carbocycles. The van der Waals surface area contributed by atoms with Crippen LogP contribution in [0.3, 0.4) is 0 Å². The van der Waals surface area contributed by atoms with Crippen LogP contribution in [0.15, 0.2) is 0 Å². The van der Waals surface area contributed by atoms with Crippen molar-refractivity contribution in [2.24, 2.45) is 5.92 Å². The quantitative estimate of drug-likeness (QED) is 0.632. The highest BCUT2D eigenvalue weighted by molar-refractivity contribution is 4.71. The van der Waals surface area contributed by atoms with E-state index >= 15 is 0 Å². The summed E-state index contributed by atoms with van der Waals surface area (Å²) in [6.07, 6.45) is 5.39. The van der Waals surface area contributed by atoms with Crippen molar-refractivity contribution in [1.82, 2.24) is 4.90 Å². The van der Waals surface area contributed by atoms with E-state index in [1.165, 1.54) is 12.8 Å². The van der Waals surface area contributed by atoms with Gasteiger partial charge in [-0.05, 0) is 38.6 Å². The van der Waals surface area contributed by atoms with Crippen molar-refractivity contribution >= 4 is 0 Å². The monoisotopic (exact) mass is 243 g/mol. The Bertz CT molecular complexity index is 168. The Kier molecular flexibility index (Phi) is 9.85. The molecule has 2 unspecified atom stereocenters. The first kappa shape index (κ1) is 16.9. The maximum absolute atomic E-state index is 10.2. The minimum Gasteiger partial charge on any atom is -0.393 e. The first-order valence-corrected chi connectivity index (χ1v) is 7.52. The fraction of sp³-hybridized carbons (Fsp3) is 1.00. The molecule has 0 aliphatic heterocycles. The van der Waals surface area contributed by atoms with E-state index in [-0.39, 0.29) is 6.10 Å². The molecular formula is C15H33NO. The summed E-state index contributed by atoms with van der Waals surface area (Å²) in [6, 6.07) is 0.642. The second kappa shape index (κ2) is 9.90. The third-order valence-corrected chi connectivity index (χ3v) is 4.03. The lowest BCUT2D eigenvalue weighted by molar-refractivity contribution is 0.0738. The van der Waals surface area contributed by atoms with Crippen molar-refractivity contribution in [2.45, 2.75) is 78.9 Å². The predicted octanol–water partition coefficient (Wildman–Crippen LogP) is 3.68. The predicted molar refractivity (Wildman–Crippen MR) is 76.3 cm³/mol. The molecule has 0 fully saturated rings. The fourth-order valence-corrected chi connectivity index (χ4v) is 2.46. The molecule has 17 heavy (non-hydrogen) atoms. The first-order chi connectivity index (χ1) is 8.10. The molecule has 0 aromatic rings. The van der Waals surface area contributed by atoms with E-state index in [9.17, 15) is 5.11 Å². The summed E-state index contributed by atoms with van der Waals surface area (Å²) in [4.78, 5) is 2.52. The van der Waals surface area contributed by atoms with Crippen molar-refractivity contribution in [1.29, 1.82) is 0 Å². The Hall–Kier alpha value is -0.0800. The summed E-state index contributed by atoms with van der Waals surface area (Å²) in [6.45, 7) is 13.3. The molecule has 104 valence electrons. The Morgan fingerprint density at radius 1 is 0.941 bits per heavy atom. The van der Waals surface area contributed by atoms with E-state index < -0.39 is 0 Å². The maximum Gasteiger partial charge on any atom is 0.0580 e. The summed E-state index contributed by atoms with van der Waals surface area (Å²) >= 11 is 0. The van der Waals surface area contributed by atoms with Crippen LogP contribution >= 0.6 is 0 Å². The summed E-state index contributed by atoms with van der Waals surface area (Å²) < 4.78 is 0. The van der Waals surface area contributed by atoms with E-state index in [0.717, 1.165) is 32.4 Å². The number of aliphatic hydroxyl groups is 1. The second-order valence-corrected chi connectivity index (χ2v) is 5.23. The van der Waals surface area contributed by atoms with Gasteiger partial charge in [0.15, 0.2) is 0 Å². The molecule has 0 aromatic heterocycles. The summed E-state index contributed by atoms with van der Waals surface area (Å²) in [5.41, 5.74) is 0. The molecule has 2 nitrogen and oxygen atoms in total. The SMILES string of the molecule is CCCN(CCC(O)C(CC)CC)C(C)CC. The lowest BCUT2D eigenvalue weighted by atomic mass is 9.94. The van der Waals surface area contributed by atoms with Crippen LogP contribution in [0.1, 0.15) is 66.7 Å². The lowest BCUT2D eigenvalue weighted by Crippen LogP contribution is -2.36. The number of hydrogen-bond acceptors (Lipinski definition) is 2. The normalized spacial score (nSPS) is 15.5. The van der Waals surface area contributed by atoms with E-state index in [1.54, 1.807) is 0 Å². The smallest absolute Gasteiger partial charge is 0.0580 e. The van der Waals surface area contributed by atoms with Gasteiger partial charge in [-0.15, -0.1) is 0 Å². The highest BCUT2D eigenvalue weighted by Crippen LogP contribution is 2.17. The molecule has 0 saturated heterocycles. The minimum absolute atomic E-state index is 0.117. The van der Waals surface area contributed by atoms with Crippen LogP contribution in [0.5, 0.6) is 0 Å². The average molecular weight is 243 g/mol. The molecule has 2 heteroatoms. The van der Waals surface area contributed by atoms with Crippen molar-refractivity contribution in [3.05, 3.63) is 0 Å². The van der Waals surface area contributed by atoms with E-state index in [4.69, 9.17) is 0 Å². The van der Waals surface area contributed by atoms with Gasteiger partial charge in [0.2, 0.25) is 0 Å². The van der Waals surface area contributed by atoms with Crippen LogP contribution < -0.4 is 0 Å². The summed E-state index contributed by atoms with van der Waals surface area (Å²) in [5.74, 6) is 0.482. The lowest BCUT2D eigenvalue weighted by Gasteiger charge is -2.30. The Morgan fingerprint density at radius 2 is 1.53 bits per heavy atom. The molecule has 0 heterocycles. The summed E-state index contributed by atoms with van der Waals surface area (Å²) in [7, 11) is 0. The molecule has 2 atom stereocenters. The molecule has 0 bridgehead atoms. The standard InChI is InChI=1S/C15H33NO/c1-6-11-16(13(5)7-2)12-10-15(17)14(8-3)9-4/h13-15,17H,6-12H2,1-5H3. The largest absolute Gasteiger partial charge is 0.393 e. The van der Waals surface area contributed by atoms with Gasteiger partial charge in [0.1, 0.15) is 0 Å². The van der Waals surface area contributed by atoms with Crippen LogP contribution in [-0.2, 0) is 0 Å². The molecule has 0 aliphatic rings. The topological polar surface area (TPSA) is 23.5 Å². The van der Waals surface area contributed by atoms with Gasteiger partial charge in [-0.25, -0.2) is 0 Å². The van der Waals surface area contributed by atoms with Gasteiger partial charge >= 0.3 is 0 Å². The van der Waals surface area contributed by atoms with Crippen LogP contribution in [0.4, 0.5) is 0 Å². The van der Waals surface area contributed by atoms with E-state index in [0.29, 0.717) is 12.0 Å². The molecule has 0 amide bonds. The van der Waals surface area contributed by atoms with Gasteiger partial charge in [0, 0.05) is 12.6 Å². The Labute approximate surface area is 108 Å². The second-order valence-electron chi connectivity index (χ2n) is 5.23. The zero-order valence-electron chi connectivity index (χ0n) is 12.6. The van der Waals surface area contributed by atoms with E-state index in [2.05, 4.69) is 39.5 Å². The number of aliphatic hydroxyl groups excluding tert-OH is 1. The third kappa shape index (κ3) is 6.42. The zero-order chi connectivity index (χ0) is 13.3. The Morgan fingerprint density at radius 3 is 1.94 bits per heavy atom. The number of nitrogens with zero attached hydrogens (tertiary/aromatic N) is 1. The number of rotatable bonds is 10. The van der Waals surface area contributed by atoms with Crippen molar-refractivity contribution in [2.75, 3.05) is 13.1 Å². The molecule has 0 aliphatic carbocycles. The molecule has 0 spiro atoms. The summed E-state index contributed by atoms with van der Waals surface area (Å²) in [5, 5.41) is 10.2. The van der Waals surface area contributed by atoms with Crippen molar-refractivity contribution in [3.63, 3.8) is 0 Å². The third-order valence-electron chi connectivity index (χ3n) is 4.03. The van der Waals surface area contributed by atoms with Crippen LogP contribution in [0.25, 0.3) is 0 Å². The molecule has 0 radical (unpaired) electrons. The van der Waals surface area contributed by atoms with Crippen LogP contribution in [0, 0.1) is 5.92 Å². The minimum atomic E-state index is -0.117. The van der Waals surface area contributed by atoms with Gasteiger partial charge in [-0.3, -0.25) is 0 Å². The Balaban J connectivity index is 4.10. The van der Waals surface area contributed by atoms with Gasteiger partial charge in [0.05, 0.1) is 6.10 Å². The van der Waals surface area contributed by atoms with Gasteiger partial charge in [-0.1, -0.05) is 40.5 Å². The zero-order valence-corrected chi connectivity index (χ0v) is 12.6. The highest BCUT2D eigenvalue weighted by Gasteiger charge is 2.18. The van der Waals surface area contributed by atoms with Crippen molar-refractivity contribution in [3.8, 4) is 0 Å². The van der Waals surface area contributed by atoms with Crippen LogP contribution in [0.2, 0.25) is 0 Å². The van der Waals surface area contributed by atoms with Gasteiger partial charge in [-0.2, -0.15) is 0 Å². The average Bonchev–Trinajstić information content (AvgIpc) is 2.34.